The van der Waals surface area contributed by atoms with Gasteiger partial charge in [-0.1, -0.05) is 6.07 Å². The summed E-state index contributed by atoms with van der Waals surface area (Å²) in [6.45, 7) is 1.41. The number of anilines is 1. The summed E-state index contributed by atoms with van der Waals surface area (Å²) in [4.78, 5) is 24.3. The molecule has 0 saturated carbocycles. The number of nitrogens with two attached hydrogens (primary N) is 1. The van der Waals surface area contributed by atoms with Crippen LogP contribution in [0.4, 0.5) is 5.82 Å². The molecule has 1 aromatic carbocycles. The fourth-order valence-electron chi connectivity index (χ4n) is 6.25. The molecule has 3 aromatic heterocycles. The lowest BCUT2D eigenvalue weighted by atomic mass is 9.87. The van der Waals surface area contributed by atoms with E-state index in [1.54, 1.807) is 24.0 Å². The molecule has 2 aliphatic rings. The summed E-state index contributed by atoms with van der Waals surface area (Å²) in [5, 5.41) is 24.1. The van der Waals surface area contributed by atoms with Crippen LogP contribution in [0.3, 0.4) is 0 Å². The van der Waals surface area contributed by atoms with Gasteiger partial charge in [-0.05, 0) is 72.8 Å². The number of amides is 1. The third-order valence-corrected chi connectivity index (χ3v) is 9.01. The molecule has 6 rings (SSSR count). The molecule has 2 saturated heterocycles. The number of piperidine rings is 1. The molecule has 5 heterocycles. The van der Waals surface area contributed by atoms with Crippen LogP contribution in [-0.4, -0.2) is 65.9 Å². The largest absolute Gasteiger partial charge is 0.496 e. The first-order chi connectivity index (χ1) is 19.3. The van der Waals surface area contributed by atoms with Crippen LogP contribution >= 0.6 is 15.9 Å². The number of aliphatic hydroxyl groups excluding tert-OH is 2. The maximum absolute atomic E-state index is 12.6. The molecule has 208 valence electrons. The SMILES string of the molecule is COc1ccc(-c2ccc(-c3cnn4c(N)c(Br)c(C5CC6CCC(C5)N6C(=O)C(C)O)nc34)cn2)cc1CO. The molecule has 3 atom stereocenters. The van der Waals surface area contributed by atoms with Gasteiger partial charge in [0.05, 0.1) is 35.8 Å². The zero-order chi connectivity index (χ0) is 28.1. The van der Waals surface area contributed by atoms with Crippen molar-refractivity contribution in [3.8, 4) is 28.1 Å². The monoisotopic (exact) mass is 606 g/mol. The van der Waals surface area contributed by atoms with Crippen molar-refractivity contribution in [1.82, 2.24) is 24.5 Å². The van der Waals surface area contributed by atoms with E-state index in [0.717, 1.165) is 58.2 Å². The number of nitrogen functional groups attached to an aromatic ring is 1. The topological polar surface area (TPSA) is 139 Å². The minimum atomic E-state index is -0.993. The van der Waals surface area contributed by atoms with Gasteiger partial charge >= 0.3 is 0 Å². The lowest BCUT2D eigenvalue weighted by molar-refractivity contribution is -0.144. The van der Waals surface area contributed by atoms with Gasteiger partial charge in [0.25, 0.3) is 5.91 Å². The number of pyridine rings is 1. The number of carbonyl (C=O) groups excluding carboxylic acids is 1. The Labute approximate surface area is 239 Å². The Morgan fingerprint density at radius 2 is 1.90 bits per heavy atom. The van der Waals surface area contributed by atoms with E-state index in [-0.39, 0.29) is 30.5 Å². The van der Waals surface area contributed by atoms with E-state index in [1.165, 1.54) is 6.92 Å². The van der Waals surface area contributed by atoms with Gasteiger partial charge in [0.15, 0.2) is 5.65 Å². The average molecular weight is 608 g/mol. The van der Waals surface area contributed by atoms with Crippen LogP contribution in [0.1, 0.15) is 49.8 Å². The molecule has 1 amide bonds. The number of carbonyl (C=O) groups is 1. The number of methoxy groups -OCH3 is 1. The van der Waals surface area contributed by atoms with E-state index in [0.29, 0.717) is 22.8 Å². The van der Waals surface area contributed by atoms with Crippen molar-refractivity contribution in [2.45, 2.75) is 63.3 Å². The molecular formula is C29H31BrN6O4. The van der Waals surface area contributed by atoms with E-state index in [9.17, 15) is 15.0 Å². The molecule has 2 fully saturated rings. The van der Waals surface area contributed by atoms with E-state index in [2.05, 4.69) is 26.0 Å². The van der Waals surface area contributed by atoms with Crippen LogP contribution in [0.15, 0.2) is 47.2 Å². The normalized spacial score (nSPS) is 21.1. The van der Waals surface area contributed by atoms with Crippen molar-refractivity contribution in [3.05, 3.63) is 58.5 Å². The molecule has 0 radical (unpaired) electrons. The highest BCUT2D eigenvalue weighted by Gasteiger charge is 2.45. The third kappa shape index (κ3) is 4.42. The fourth-order valence-corrected chi connectivity index (χ4v) is 6.83. The van der Waals surface area contributed by atoms with Crippen molar-refractivity contribution in [1.29, 1.82) is 0 Å². The number of halogens is 1. The highest BCUT2D eigenvalue weighted by atomic mass is 79.9. The number of rotatable bonds is 6. The average Bonchev–Trinajstić information content (AvgIpc) is 3.51. The van der Waals surface area contributed by atoms with Gasteiger partial charge in [-0.15, -0.1) is 0 Å². The second-order valence-electron chi connectivity index (χ2n) is 10.6. The number of hydrogen-bond acceptors (Lipinski definition) is 8. The first kappa shape index (κ1) is 26.7. The molecule has 40 heavy (non-hydrogen) atoms. The summed E-state index contributed by atoms with van der Waals surface area (Å²) in [6.07, 6.45) is 5.94. The van der Waals surface area contributed by atoms with Crippen molar-refractivity contribution in [3.63, 3.8) is 0 Å². The zero-order valence-corrected chi connectivity index (χ0v) is 23.9. The second kappa shape index (κ2) is 10.5. The van der Waals surface area contributed by atoms with Gasteiger partial charge in [0, 0.05) is 46.5 Å². The van der Waals surface area contributed by atoms with E-state index < -0.39 is 6.10 Å². The first-order valence-electron chi connectivity index (χ1n) is 13.4. The summed E-state index contributed by atoms with van der Waals surface area (Å²) < 4.78 is 7.67. The molecule has 0 aliphatic carbocycles. The lowest BCUT2D eigenvalue weighted by Gasteiger charge is -2.39. The molecule has 4 N–H and O–H groups in total. The minimum absolute atomic E-state index is 0.0856. The predicted octanol–water partition coefficient (Wildman–Crippen LogP) is 3.92. The molecule has 2 aliphatic heterocycles. The summed E-state index contributed by atoms with van der Waals surface area (Å²) in [5.74, 6) is 1.04. The Bertz CT molecular complexity index is 1570. The molecule has 2 bridgehead atoms. The van der Waals surface area contributed by atoms with Gasteiger partial charge in [0.1, 0.15) is 17.7 Å². The van der Waals surface area contributed by atoms with Crippen LogP contribution in [0, 0.1) is 0 Å². The lowest BCUT2D eigenvalue weighted by Crippen LogP contribution is -2.49. The Kier molecular flexibility index (Phi) is 6.97. The van der Waals surface area contributed by atoms with E-state index in [4.69, 9.17) is 15.5 Å². The maximum Gasteiger partial charge on any atom is 0.251 e. The number of aliphatic hydroxyl groups is 2. The quantitative estimate of drug-likeness (QED) is 0.300. The number of aromatic nitrogens is 4. The summed E-state index contributed by atoms with van der Waals surface area (Å²) >= 11 is 3.68. The first-order valence-corrected chi connectivity index (χ1v) is 14.2. The standard InChI is InChI=1S/C29H31BrN6O4/c1-15(38)29(39)35-20-5-6-21(35)11-18(10-20)26-25(30)27(31)36-28(34-26)22(13-33-36)17-3-7-23(32-12-17)16-4-8-24(40-2)19(9-16)14-37/h3-4,7-9,12-13,15,18,20-21,37-38H,5-6,10-11,14,31H2,1-2H3. The van der Waals surface area contributed by atoms with Crippen molar-refractivity contribution < 1.29 is 19.7 Å². The van der Waals surface area contributed by atoms with Crippen LogP contribution < -0.4 is 10.5 Å². The van der Waals surface area contributed by atoms with Gasteiger partial charge in [-0.25, -0.2) is 4.98 Å². The van der Waals surface area contributed by atoms with Gasteiger partial charge < -0.3 is 25.6 Å². The van der Waals surface area contributed by atoms with E-state index in [1.807, 2.05) is 35.2 Å². The van der Waals surface area contributed by atoms with Crippen molar-refractivity contribution in [2.24, 2.45) is 0 Å². The predicted molar refractivity (Wildman–Crippen MR) is 154 cm³/mol. The smallest absolute Gasteiger partial charge is 0.251 e. The highest BCUT2D eigenvalue weighted by Crippen LogP contribution is 2.45. The molecule has 0 spiro atoms. The summed E-state index contributed by atoms with van der Waals surface area (Å²) in [7, 11) is 1.58. The van der Waals surface area contributed by atoms with Gasteiger partial charge in [0.2, 0.25) is 0 Å². The Morgan fingerprint density at radius 3 is 2.52 bits per heavy atom. The van der Waals surface area contributed by atoms with Gasteiger partial charge in [-0.2, -0.15) is 9.61 Å². The molecule has 4 aromatic rings. The van der Waals surface area contributed by atoms with Crippen molar-refractivity contribution >= 4 is 33.3 Å². The van der Waals surface area contributed by atoms with Crippen LogP contribution in [-0.2, 0) is 11.4 Å². The zero-order valence-electron chi connectivity index (χ0n) is 22.3. The Balaban J connectivity index is 1.32. The Morgan fingerprint density at radius 1 is 1.18 bits per heavy atom. The number of fused-ring (bicyclic) bond motifs is 3. The molecule has 10 nitrogen and oxygen atoms in total. The summed E-state index contributed by atoms with van der Waals surface area (Å²) in [5.41, 5.74) is 12.1. The summed E-state index contributed by atoms with van der Waals surface area (Å²) in [6, 6.07) is 9.68. The maximum atomic E-state index is 12.6. The second-order valence-corrected chi connectivity index (χ2v) is 11.4. The van der Waals surface area contributed by atoms with Crippen LogP contribution in [0.5, 0.6) is 5.75 Å². The molecule has 3 unspecified atom stereocenters. The fraction of sp³-hybridized carbons (Fsp3) is 0.379. The molecule has 11 heteroatoms. The van der Waals surface area contributed by atoms with Crippen molar-refractivity contribution in [2.75, 3.05) is 12.8 Å². The third-order valence-electron chi connectivity index (χ3n) is 8.20. The van der Waals surface area contributed by atoms with Crippen LogP contribution in [0.2, 0.25) is 0 Å². The highest BCUT2D eigenvalue weighted by molar-refractivity contribution is 9.10. The molecular weight excluding hydrogens is 576 g/mol. The number of hydrogen-bond donors (Lipinski definition) is 3. The number of benzene rings is 1. The van der Waals surface area contributed by atoms with Crippen LogP contribution in [0.25, 0.3) is 28.0 Å². The van der Waals surface area contributed by atoms with Gasteiger partial charge in [-0.3, -0.25) is 9.78 Å². The minimum Gasteiger partial charge on any atom is -0.496 e. The Hall–Kier alpha value is -3.54. The number of nitrogens with zero attached hydrogens (tertiary/aromatic N) is 5. The van der Waals surface area contributed by atoms with E-state index >= 15 is 0 Å². The number of ether oxygens (including phenoxy) is 1.